The van der Waals surface area contributed by atoms with Crippen LogP contribution in [-0.2, 0) is 9.53 Å². The van der Waals surface area contributed by atoms with Crippen molar-refractivity contribution in [1.29, 1.82) is 0 Å². The van der Waals surface area contributed by atoms with E-state index in [0.717, 1.165) is 4.88 Å². The molecular formula is C21H17N3O5S2. The highest BCUT2D eigenvalue weighted by atomic mass is 32.1. The summed E-state index contributed by atoms with van der Waals surface area (Å²) in [7, 11) is 0. The molecule has 0 aliphatic carbocycles. The van der Waals surface area contributed by atoms with Crippen LogP contribution in [0.5, 0.6) is 0 Å². The van der Waals surface area contributed by atoms with Crippen LogP contribution in [0.3, 0.4) is 0 Å². The van der Waals surface area contributed by atoms with Gasteiger partial charge in [-0.05, 0) is 36.9 Å². The first-order valence-electron chi connectivity index (χ1n) is 9.38. The summed E-state index contributed by atoms with van der Waals surface area (Å²) >= 11 is 2.71. The van der Waals surface area contributed by atoms with Crippen molar-refractivity contribution in [1.82, 2.24) is 4.57 Å². The van der Waals surface area contributed by atoms with Crippen LogP contribution in [-0.4, -0.2) is 22.1 Å². The highest BCUT2D eigenvalue weighted by Crippen LogP contribution is 2.32. The van der Waals surface area contributed by atoms with Crippen LogP contribution < -0.4 is 14.9 Å². The molecule has 1 aliphatic rings. The Morgan fingerprint density at radius 1 is 1.35 bits per heavy atom. The lowest BCUT2D eigenvalue weighted by atomic mass is 9.95. The lowest BCUT2D eigenvalue weighted by Crippen LogP contribution is -2.39. The summed E-state index contributed by atoms with van der Waals surface area (Å²) in [6.45, 7) is 3.51. The third-order valence-corrected chi connectivity index (χ3v) is 6.53. The maximum Gasteiger partial charge on any atom is 0.338 e. The lowest BCUT2D eigenvalue weighted by molar-refractivity contribution is -0.384. The van der Waals surface area contributed by atoms with E-state index in [1.54, 1.807) is 26.0 Å². The second-order valence-corrected chi connectivity index (χ2v) is 8.66. The van der Waals surface area contributed by atoms with E-state index in [1.165, 1.54) is 45.4 Å². The molecule has 3 aromatic rings. The van der Waals surface area contributed by atoms with Crippen molar-refractivity contribution in [2.24, 2.45) is 4.99 Å². The maximum absolute atomic E-state index is 13.4. The molecule has 3 heterocycles. The molecule has 2 aromatic heterocycles. The van der Waals surface area contributed by atoms with Gasteiger partial charge in [0, 0.05) is 17.0 Å². The maximum atomic E-state index is 13.4. The van der Waals surface area contributed by atoms with Crippen LogP contribution in [0.25, 0.3) is 6.08 Å². The molecule has 158 valence electrons. The zero-order valence-corrected chi connectivity index (χ0v) is 18.2. The summed E-state index contributed by atoms with van der Waals surface area (Å²) < 4.78 is 7.11. The fraction of sp³-hybridized carbons (Fsp3) is 0.190. The molecule has 0 amide bonds. The Kier molecular flexibility index (Phi) is 5.66. The summed E-state index contributed by atoms with van der Waals surface area (Å²) in [6, 6.07) is 8.85. The van der Waals surface area contributed by atoms with Crippen LogP contribution in [0.1, 0.15) is 30.3 Å². The van der Waals surface area contributed by atoms with Gasteiger partial charge in [-0.15, -0.1) is 11.3 Å². The van der Waals surface area contributed by atoms with Gasteiger partial charge in [0.05, 0.1) is 33.4 Å². The fourth-order valence-electron chi connectivity index (χ4n) is 3.42. The number of fused-ring (bicyclic) bond motifs is 1. The average molecular weight is 456 g/mol. The summed E-state index contributed by atoms with van der Waals surface area (Å²) in [6.07, 6.45) is 1.78. The largest absolute Gasteiger partial charge is 0.463 e. The third kappa shape index (κ3) is 3.87. The second kappa shape index (κ2) is 8.40. The van der Waals surface area contributed by atoms with Crippen LogP contribution in [0.4, 0.5) is 5.69 Å². The van der Waals surface area contributed by atoms with Gasteiger partial charge in [-0.1, -0.05) is 29.5 Å². The number of thiazole rings is 1. The number of non-ortho nitro benzene ring substituents is 1. The Balaban J connectivity index is 1.99. The van der Waals surface area contributed by atoms with E-state index in [9.17, 15) is 19.7 Å². The molecule has 0 saturated carbocycles. The summed E-state index contributed by atoms with van der Waals surface area (Å²) in [4.78, 5) is 42.8. The van der Waals surface area contributed by atoms with Gasteiger partial charge >= 0.3 is 5.97 Å². The molecule has 0 bridgehead atoms. The monoisotopic (exact) mass is 455 g/mol. The molecule has 0 spiro atoms. The van der Waals surface area contributed by atoms with Gasteiger partial charge in [-0.3, -0.25) is 19.5 Å². The molecular weight excluding hydrogens is 438 g/mol. The number of rotatable bonds is 5. The van der Waals surface area contributed by atoms with E-state index in [-0.39, 0.29) is 23.4 Å². The smallest absolute Gasteiger partial charge is 0.338 e. The number of hydrogen-bond acceptors (Lipinski definition) is 8. The van der Waals surface area contributed by atoms with E-state index < -0.39 is 16.9 Å². The Bertz CT molecular complexity index is 1380. The highest BCUT2D eigenvalue weighted by Gasteiger charge is 2.34. The molecule has 1 atom stereocenters. The van der Waals surface area contributed by atoms with Gasteiger partial charge in [0.25, 0.3) is 11.2 Å². The number of benzene rings is 1. The SMILES string of the molecule is CCOC(=O)C1=C(C)N=c2s/c(=C/c3cccs3)c(=O)n2C1c1cccc([N+](=O)[O-])c1. The number of aromatic nitrogens is 1. The first-order valence-corrected chi connectivity index (χ1v) is 11.1. The van der Waals surface area contributed by atoms with Gasteiger partial charge in [0.2, 0.25) is 0 Å². The summed E-state index contributed by atoms with van der Waals surface area (Å²) in [5.74, 6) is -0.604. The van der Waals surface area contributed by atoms with Crippen LogP contribution in [0, 0.1) is 10.1 Å². The van der Waals surface area contributed by atoms with Crippen molar-refractivity contribution < 1.29 is 14.5 Å². The molecule has 0 fully saturated rings. The predicted octanol–water partition coefficient (Wildman–Crippen LogP) is 2.77. The number of nitro groups is 1. The standard InChI is InChI=1S/C21H17N3O5S2/c1-3-29-20(26)17-12(2)22-21-23(18(17)13-6-4-7-14(10-13)24(27)28)19(25)16(31-21)11-15-8-5-9-30-15/h4-11,18H,3H2,1-2H3/b16-11+. The number of ether oxygens (including phenoxy) is 1. The minimum Gasteiger partial charge on any atom is -0.463 e. The van der Waals surface area contributed by atoms with Gasteiger partial charge in [-0.2, -0.15) is 0 Å². The van der Waals surface area contributed by atoms with E-state index in [2.05, 4.69) is 4.99 Å². The van der Waals surface area contributed by atoms with Crippen molar-refractivity contribution in [3.63, 3.8) is 0 Å². The fourth-order valence-corrected chi connectivity index (χ4v) is 5.19. The van der Waals surface area contributed by atoms with Crippen molar-refractivity contribution in [2.75, 3.05) is 6.61 Å². The van der Waals surface area contributed by atoms with Crippen LogP contribution >= 0.6 is 22.7 Å². The van der Waals surface area contributed by atoms with E-state index >= 15 is 0 Å². The minimum absolute atomic E-state index is 0.129. The van der Waals surface area contributed by atoms with E-state index in [1.807, 2.05) is 17.5 Å². The molecule has 10 heteroatoms. The van der Waals surface area contributed by atoms with Crippen molar-refractivity contribution in [3.05, 3.63) is 93.3 Å². The van der Waals surface area contributed by atoms with E-state index in [4.69, 9.17) is 4.74 Å². The number of allylic oxidation sites excluding steroid dienone is 1. The molecule has 1 aliphatic heterocycles. The van der Waals surface area contributed by atoms with Gasteiger partial charge < -0.3 is 4.74 Å². The predicted molar refractivity (Wildman–Crippen MR) is 118 cm³/mol. The van der Waals surface area contributed by atoms with Crippen molar-refractivity contribution in [3.8, 4) is 0 Å². The molecule has 1 unspecified atom stereocenters. The molecule has 1 aromatic carbocycles. The molecule has 0 N–H and O–H groups in total. The van der Waals surface area contributed by atoms with Crippen molar-refractivity contribution in [2.45, 2.75) is 19.9 Å². The normalized spacial score (nSPS) is 16.1. The van der Waals surface area contributed by atoms with Crippen LogP contribution in [0.2, 0.25) is 0 Å². The number of carbonyl (C=O) groups excluding carboxylic acids is 1. The average Bonchev–Trinajstić information content (AvgIpc) is 3.35. The third-order valence-electron chi connectivity index (χ3n) is 4.73. The lowest BCUT2D eigenvalue weighted by Gasteiger charge is -2.24. The quantitative estimate of drug-likeness (QED) is 0.334. The Hall–Kier alpha value is -3.37. The number of carbonyl (C=O) groups is 1. The Morgan fingerprint density at radius 2 is 2.16 bits per heavy atom. The van der Waals surface area contributed by atoms with E-state index in [0.29, 0.717) is 20.6 Å². The summed E-state index contributed by atoms with van der Waals surface area (Å²) in [5.41, 5.74) is 0.602. The van der Waals surface area contributed by atoms with Crippen molar-refractivity contribution >= 4 is 40.4 Å². The minimum atomic E-state index is -0.874. The number of esters is 1. The Labute approximate surface area is 184 Å². The molecule has 0 radical (unpaired) electrons. The zero-order valence-electron chi connectivity index (χ0n) is 16.6. The first-order chi connectivity index (χ1) is 14.9. The number of nitrogens with zero attached hydrogens (tertiary/aromatic N) is 3. The topological polar surface area (TPSA) is 104 Å². The second-order valence-electron chi connectivity index (χ2n) is 6.67. The zero-order chi connectivity index (χ0) is 22.1. The first kappa shape index (κ1) is 20.9. The Morgan fingerprint density at radius 3 is 2.84 bits per heavy atom. The molecule has 31 heavy (non-hydrogen) atoms. The highest BCUT2D eigenvalue weighted by molar-refractivity contribution is 7.11. The summed E-state index contributed by atoms with van der Waals surface area (Å²) in [5, 5.41) is 13.2. The molecule has 0 saturated heterocycles. The van der Waals surface area contributed by atoms with Gasteiger partial charge in [0.15, 0.2) is 4.80 Å². The molecule has 4 rings (SSSR count). The van der Waals surface area contributed by atoms with Gasteiger partial charge in [-0.25, -0.2) is 9.79 Å². The number of nitro benzene ring substituents is 1. The molecule has 8 nitrogen and oxygen atoms in total. The van der Waals surface area contributed by atoms with Gasteiger partial charge in [0.1, 0.15) is 0 Å². The number of hydrogen-bond donors (Lipinski definition) is 0. The number of thiophene rings is 1. The van der Waals surface area contributed by atoms with Crippen LogP contribution in [0.15, 0.2) is 62.8 Å².